The second-order valence-corrected chi connectivity index (χ2v) is 7.36. The summed E-state index contributed by atoms with van der Waals surface area (Å²) in [4.78, 5) is 12.9. The molecule has 158 valence electrons. The summed E-state index contributed by atoms with van der Waals surface area (Å²) in [5, 5.41) is 10.9. The topological polar surface area (TPSA) is 124 Å². The predicted octanol–water partition coefficient (Wildman–Crippen LogP) is 4.42. The lowest BCUT2D eigenvalue weighted by molar-refractivity contribution is 0.373. The van der Waals surface area contributed by atoms with E-state index in [-0.39, 0.29) is 0 Å². The quantitative estimate of drug-likeness (QED) is 0.286. The normalized spacial score (nSPS) is 10.7. The van der Waals surface area contributed by atoms with E-state index < -0.39 is 0 Å². The number of nitrogens with zero attached hydrogens (tertiary/aromatic N) is 4. The van der Waals surface area contributed by atoms with E-state index in [1.165, 1.54) is 11.8 Å². The number of H-pyrrole nitrogens is 1. The highest BCUT2D eigenvalue weighted by Gasteiger charge is 2.13. The maximum atomic E-state index is 5.88. The summed E-state index contributed by atoms with van der Waals surface area (Å²) in [7, 11) is 1.57. The fourth-order valence-electron chi connectivity index (χ4n) is 2.87. The van der Waals surface area contributed by atoms with Gasteiger partial charge in [0.05, 0.1) is 7.11 Å². The van der Waals surface area contributed by atoms with E-state index in [0.717, 1.165) is 16.8 Å². The summed E-state index contributed by atoms with van der Waals surface area (Å²) >= 11 is 1.38. The molecule has 0 radical (unpaired) electrons. The maximum Gasteiger partial charge on any atom is 0.246 e. The van der Waals surface area contributed by atoms with Crippen LogP contribution in [0, 0.1) is 6.92 Å². The van der Waals surface area contributed by atoms with Gasteiger partial charge < -0.3 is 20.5 Å². The van der Waals surface area contributed by atoms with Gasteiger partial charge in [0.25, 0.3) is 0 Å². The van der Waals surface area contributed by atoms with Gasteiger partial charge in [-0.25, -0.2) is 4.98 Å². The lowest BCUT2D eigenvalue weighted by Crippen LogP contribution is -1.98. The summed E-state index contributed by atoms with van der Waals surface area (Å²) < 4.78 is 11.4. The average molecular weight is 436 g/mol. The summed E-state index contributed by atoms with van der Waals surface area (Å²) in [6.07, 6.45) is 1.87. The van der Waals surface area contributed by atoms with Crippen LogP contribution in [0.15, 0.2) is 53.7 Å². The number of nitrogens with two attached hydrogens (primary N) is 1. The van der Waals surface area contributed by atoms with E-state index in [9.17, 15) is 0 Å². The lowest BCUT2D eigenvalue weighted by Gasteiger charge is -2.11. The van der Waals surface area contributed by atoms with Crippen LogP contribution in [0.25, 0.3) is 11.4 Å². The standard InChI is InChI=1S/C21H21N7O2S/c1-12-5-4-6-14(9-12)23-20-26-19(27-28-20)13-7-8-15(16(10-13)29-2)30-18-11-17(22)24-21(25-18)31-3/h4-11H,1-3H3,(H2,22,24,25)(H2,23,26,27,28). The molecule has 0 unspecified atom stereocenters. The van der Waals surface area contributed by atoms with Gasteiger partial charge in [0, 0.05) is 17.3 Å². The molecule has 0 atom stereocenters. The molecule has 4 aromatic rings. The van der Waals surface area contributed by atoms with E-state index in [1.807, 2.05) is 49.6 Å². The second kappa shape index (κ2) is 8.92. The van der Waals surface area contributed by atoms with Crippen molar-refractivity contribution in [3.63, 3.8) is 0 Å². The van der Waals surface area contributed by atoms with Crippen molar-refractivity contribution in [3.8, 4) is 28.8 Å². The molecule has 0 fully saturated rings. The minimum atomic E-state index is 0.334. The zero-order valence-corrected chi connectivity index (χ0v) is 18.0. The molecule has 0 aliphatic heterocycles. The first-order valence-electron chi connectivity index (χ1n) is 9.35. The van der Waals surface area contributed by atoms with Gasteiger partial charge in [-0.1, -0.05) is 23.9 Å². The van der Waals surface area contributed by atoms with Crippen molar-refractivity contribution in [2.24, 2.45) is 0 Å². The lowest BCUT2D eigenvalue weighted by atomic mass is 10.2. The van der Waals surface area contributed by atoms with Gasteiger partial charge >= 0.3 is 0 Å². The Kier molecular flexibility index (Phi) is 5.89. The Balaban J connectivity index is 1.56. The van der Waals surface area contributed by atoms with Crippen LogP contribution in [0.5, 0.6) is 17.4 Å². The Morgan fingerprint density at radius 3 is 2.68 bits per heavy atom. The number of nitrogen functional groups attached to an aromatic ring is 1. The Morgan fingerprint density at radius 2 is 1.90 bits per heavy atom. The minimum absolute atomic E-state index is 0.334. The molecule has 31 heavy (non-hydrogen) atoms. The molecule has 2 heterocycles. The highest BCUT2D eigenvalue weighted by atomic mass is 32.2. The van der Waals surface area contributed by atoms with Crippen LogP contribution < -0.4 is 20.5 Å². The number of nitrogens with one attached hydrogen (secondary N) is 2. The van der Waals surface area contributed by atoms with E-state index in [2.05, 4.69) is 30.5 Å². The number of aryl methyl sites for hydroxylation is 1. The molecule has 0 aliphatic rings. The Labute approximate surface area is 183 Å². The summed E-state index contributed by atoms with van der Waals surface area (Å²) in [6.45, 7) is 2.03. The number of hydrogen-bond acceptors (Lipinski definition) is 9. The number of hydrogen-bond donors (Lipinski definition) is 3. The Hall–Kier alpha value is -3.79. The third-order valence-electron chi connectivity index (χ3n) is 4.30. The minimum Gasteiger partial charge on any atom is -0.493 e. The first-order valence-corrected chi connectivity index (χ1v) is 10.6. The van der Waals surface area contributed by atoms with Crippen LogP contribution in [-0.4, -0.2) is 38.5 Å². The fourth-order valence-corrected chi connectivity index (χ4v) is 3.25. The number of ether oxygens (including phenoxy) is 2. The third-order valence-corrected chi connectivity index (χ3v) is 4.84. The van der Waals surface area contributed by atoms with Gasteiger partial charge in [-0.05, 0) is 49.1 Å². The fraction of sp³-hybridized carbons (Fsp3) is 0.143. The van der Waals surface area contributed by atoms with E-state index in [1.54, 1.807) is 19.2 Å². The number of anilines is 3. The summed E-state index contributed by atoms with van der Waals surface area (Å²) in [5.41, 5.74) is 8.68. The van der Waals surface area contributed by atoms with Gasteiger partial charge in [-0.2, -0.15) is 9.97 Å². The molecular formula is C21H21N7O2S. The molecular weight excluding hydrogens is 414 g/mol. The molecule has 0 aliphatic carbocycles. The third kappa shape index (κ3) is 4.86. The van der Waals surface area contributed by atoms with E-state index in [4.69, 9.17) is 15.2 Å². The monoisotopic (exact) mass is 435 g/mol. The van der Waals surface area contributed by atoms with Crippen LogP contribution >= 0.6 is 11.8 Å². The first kappa shape index (κ1) is 20.5. The highest BCUT2D eigenvalue weighted by Crippen LogP contribution is 2.35. The molecule has 2 aromatic carbocycles. The van der Waals surface area contributed by atoms with Crippen LogP contribution in [0.4, 0.5) is 17.5 Å². The van der Waals surface area contributed by atoms with Gasteiger partial charge in [0.15, 0.2) is 22.5 Å². The summed E-state index contributed by atoms with van der Waals surface area (Å²) in [5.74, 6) is 2.75. The number of aromatic nitrogens is 5. The molecule has 4 N–H and O–H groups in total. The Morgan fingerprint density at radius 1 is 1.03 bits per heavy atom. The van der Waals surface area contributed by atoms with E-state index in [0.29, 0.717) is 40.1 Å². The van der Waals surface area contributed by atoms with E-state index >= 15 is 0 Å². The van der Waals surface area contributed by atoms with Crippen LogP contribution in [0.1, 0.15) is 5.56 Å². The molecule has 0 saturated carbocycles. The number of thioether (sulfide) groups is 1. The smallest absolute Gasteiger partial charge is 0.246 e. The number of aromatic amines is 1. The van der Waals surface area contributed by atoms with Gasteiger partial charge in [0.2, 0.25) is 11.8 Å². The van der Waals surface area contributed by atoms with Crippen molar-refractivity contribution in [1.82, 2.24) is 25.1 Å². The second-order valence-electron chi connectivity index (χ2n) is 6.59. The molecule has 0 saturated heterocycles. The van der Waals surface area contributed by atoms with Crippen LogP contribution in [-0.2, 0) is 0 Å². The van der Waals surface area contributed by atoms with Crippen LogP contribution in [0.3, 0.4) is 0 Å². The molecule has 2 aromatic heterocycles. The zero-order chi connectivity index (χ0) is 21.8. The van der Waals surface area contributed by atoms with Crippen molar-refractivity contribution >= 4 is 29.2 Å². The van der Waals surface area contributed by atoms with Crippen molar-refractivity contribution in [3.05, 3.63) is 54.1 Å². The van der Waals surface area contributed by atoms with Crippen molar-refractivity contribution in [1.29, 1.82) is 0 Å². The predicted molar refractivity (Wildman–Crippen MR) is 121 cm³/mol. The number of methoxy groups -OCH3 is 1. The van der Waals surface area contributed by atoms with Crippen molar-refractivity contribution in [2.75, 3.05) is 24.4 Å². The largest absolute Gasteiger partial charge is 0.493 e. The van der Waals surface area contributed by atoms with Crippen molar-refractivity contribution < 1.29 is 9.47 Å². The number of rotatable bonds is 7. The number of benzene rings is 2. The molecule has 10 heteroatoms. The molecule has 0 amide bonds. The van der Waals surface area contributed by atoms with Gasteiger partial charge in [-0.15, -0.1) is 5.10 Å². The molecule has 0 bridgehead atoms. The van der Waals surface area contributed by atoms with Crippen molar-refractivity contribution in [2.45, 2.75) is 12.1 Å². The summed E-state index contributed by atoms with van der Waals surface area (Å²) in [6, 6.07) is 15.0. The molecule has 4 rings (SSSR count). The Bertz CT molecular complexity index is 1210. The van der Waals surface area contributed by atoms with Crippen LogP contribution in [0.2, 0.25) is 0 Å². The maximum absolute atomic E-state index is 5.88. The average Bonchev–Trinajstić information content (AvgIpc) is 3.22. The van der Waals surface area contributed by atoms with Gasteiger partial charge in [-0.3, -0.25) is 5.10 Å². The SMILES string of the molecule is COc1cc(-c2nc(Nc3cccc(C)c3)n[nH]2)ccc1Oc1cc(N)nc(SC)n1. The van der Waals surface area contributed by atoms with Gasteiger partial charge in [0.1, 0.15) is 5.82 Å². The molecule has 9 nitrogen and oxygen atoms in total. The highest BCUT2D eigenvalue weighted by molar-refractivity contribution is 7.98. The zero-order valence-electron chi connectivity index (χ0n) is 17.2. The first-order chi connectivity index (χ1) is 15.0. The molecule has 0 spiro atoms.